The fraction of sp³-hybridized carbons (Fsp3) is 0.379. The van der Waals surface area contributed by atoms with Crippen LogP contribution in [0.4, 0.5) is 25.3 Å². The molecule has 218 valence electrons. The number of carbonyl (C=O) groups excluding carboxylic acids is 1. The molecule has 2 saturated heterocycles. The smallest absolute Gasteiger partial charge is 0.236 e. The van der Waals surface area contributed by atoms with Gasteiger partial charge in [-0.15, -0.1) is 0 Å². The maximum atomic E-state index is 15.5. The second kappa shape index (κ2) is 11.3. The normalized spacial score (nSPS) is 18.5. The van der Waals surface area contributed by atoms with Crippen molar-refractivity contribution in [2.45, 2.75) is 19.4 Å². The van der Waals surface area contributed by atoms with E-state index < -0.39 is 24.7 Å². The number of aryl methyl sites for hydroxylation is 1. The number of halogens is 2. The van der Waals surface area contributed by atoms with E-state index in [9.17, 15) is 19.6 Å². The van der Waals surface area contributed by atoms with Crippen LogP contribution in [-0.2, 0) is 11.2 Å². The van der Waals surface area contributed by atoms with Crippen LogP contribution in [0.2, 0.25) is 0 Å². The van der Waals surface area contributed by atoms with Gasteiger partial charge in [0.05, 0.1) is 42.8 Å². The summed E-state index contributed by atoms with van der Waals surface area (Å²) in [5, 5.41) is 24.0. The van der Waals surface area contributed by atoms with Gasteiger partial charge in [-0.3, -0.25) is 9.69 Å². The largest absolute Gasteiger partial charge is 0.389 e. The minimum atomic E-state index is -2.77. The van der Waals surface area contributed by atoms with Crippen molar-refractivity contribution < 1.29 is 24.2 Å². The quantitative estimate of drug-likeness (QED) is 0.347. The third kappa shape index (κ3) is 5.17. The van der Waals surface area contributed by atoms with Crippen molar-refractivity contribution in [3.63, 3.8) is 0 Å². The fourth-order valence-electron chi connectivity index (χ4n) is 5.20. The molecule has 0 bridgehead atoms. The van der Waals surface area contributed by atoms with Crippen LogP contribution in [0.1, 0.15) is 23.0 Å². The highest BCUT2D eigenvalue weighted by Crippen LogP contribution is 2.39. The zero-order valence-electron chi connectivity index (χ0n) is 26.7. The summed E-state index contributed by atoms with van der Waals surface area (Å²) in [5.74, 6) is -1.19. The summed E-state index contributed by atoms with van der Waals surface area (Å²) < 4.78 is 63.4. The first kappa shape index (κ1) is 23.4. The number of nitriles is 1. The van der Waals surface area contributed by atoms with Gasteiger partial charge in [-0.1, -0.05) is 18.3 Å². The molecule has 5 heterocycles. The summed E-state index contributed by atoms with van der Waals surface area (Å²) in [6.07, 6.45) is -0.0607. The van der Waals surface area contributed by atoms with E-state index in [1.807, 2.05) is 9.80 Å². The summed E-state index contributed by atoms with van der Waals surface area (Å²) in [4.78, 5) is 23.4. The topological polar surface area (TPSA) is 104 Å². The molecule has 1 amide bonds. The van der Waals surface area contributed by atoms with Crippen LogP contribution in [0.5, 0.6) is 0 Å². The lowest BCUT2D eigenvalue weighted by atomic mass is 10.1. The fourth-order valence-corrected chi connectivity index (χ4v) is 6.01. The number of β-amino-alcohol motifs (C(OH)–C–C–N with tert-alkyl or cyclic N) is 1. The van der Waals surface area contributed by atoms with Gasteiger partial charge in [-0.05, 0) is 36.8 Å². The second-order valence-electron chi connectivity index (χ2n) is 10.2. The Hall–Kier alpha value is -4.12. The molecule has 2 aliphatic heterocycles. The monoisotopic (exact) mass is 596 g/mol. The molecule has 2 fully saturated rings. The van der Waals surface area contributed by atoms with Crippen molar-refractivity contribution in [3.05, 3.63) is 58.7 Å². The average molecular weight is 597 g/mol. The average Bonchev–Trinajstić information content (AvgIpc) is 3.57. The number of carbonyl (C=O) groups is 1. The second-order valence-corrected chi connectivity index (χ2v) is 11.2. The highest BCUT2D eigenvalue weighted by Gasteiger charge is 2.31. The molecule has 0 saturated carbocycles. The maximum absolute atomic E-state index is 15.5. The van der Waals surface area contributed by atoms with Crippen LogP contribution in [0, 0.1) is 23.0 Å². The Kier molecular flexibility index (Phi) is 6.30. The molecule has 10 nitrogen and oxygen atoms in total. The Morgan fingerprint density at radius 1 is 1.26 bits per heavy atom. The number of aliphatic hydroxyl groups is 1. The SMILES string of the molecule is [2H]C1(O)CN(C(=O)CN2CCN(c3cc4c(N(c5nc(-c6ccc(F)cc6)c(C#N)s5)C([2H])([2H])[2H])c(CC)nn4cc3F)CC2)C1. The van der Waals surface area contributed by atoms with Crippen LogP contribution in [-0.4, -0.2) is 94.3 Å². The number of anilines is 3. The van der Waals surface area contributed by atoms with Crippen LogP contribution >= 0.6 is 11.3 Å². The van der Waals surface area contributed by atoms with Gasteiger partial charge < -0.3 is 19.8 Å². The van der Waals surface area contributed by atoms with Gasteiger partial charge in [0.2, 0.25) is 5.91 Å². The number of amides is 1. The Balaban J connectivity index is 1.32. The Bertz CT molecular complexity index is 1820. The first-order chi connectivity index (χ1) is 21.8. The lowest BCUT2D eigenvalue weighted by Crippen LogP contribution is -2.57. The Morgan fingerprint density at radius 2 is 2.00 bits per heavy atom. The van der Waals surface area contributed by atoms with E-state index in [1.165, 1.54) is 39.9 Å². The molecule has 2 aliphatic rings. The zero-order chi connectivity index (χ0) is 33.0. The molecule has 0 unspecified atom stereocenters. The molecule has 0 aliphatic carbocycles. The number of hydrogen-bond acceptors (Lipinski definition) is 9. The number of hydrogen-bond donors (Lipinski definition) is 1. The molecule has 6 rings (SSSR count). The summed E-state index contributed by atoms with van der Waals surface area (Å²) in [5.41, 5.74) is 1.85. The highest BCUT2D eigenvalue weighted by molar-refractivity contribution is 7.16. The highest BCUT2D eigenvalue weighted by atomic mass is 32.1. The Labute approximate surface area is 251 Å². The van der Waals surface area contributed by atoms with Crippen molar-refractivity contribution in [1.82, 2.24) is 24.4 Å². The van der Waals surface area contributed by atoms with E-state index >= 15 is 4.39 Å². The van der Waals surface area contributed by atoms with E-state index in [0.717, 1.165) is 16.2 Å². The van der Waals surface area contributed by atoms with Gasteiger partial charge in [0.25, 0.3) is 0 Å². The number of piperazine rings is 1. The molecule has 0 radical (unpaired) electrons. The molecule has 13 heteroatoms. The number of fused-ring (bicyclic) bond motifs is 1. The Morgan fingerprint density at radius 3 is 2.64 bits per heavy atom. The van der Waals surface area contributed by atoms with E-state index in [4.69, 9.17) is 5.48 Å². The molecule has 1 N–H and O–H groups in total. The number of thiazole rings is 1. The van der Waals surface area contributed by atoms with Gasteiger partial charge in [-0.2, -0.15) is 10.4 Å². The van der Waals surface area contributed by atoms with Gasteiger partial charge in [0, 0.05) is 55.9 Å². The number of benzene rings is 1. The number of nitrogens with zero attached hydrogens (tertiary/aromatic N) is 8. The standard InChI is InChI=1S/C29H30F2N8O2S/c1-3-22-28(35(2)29-33-27(25(13-32)42-29)18-4-6-19(30)7-5-18)24-12-23(21(31)16-39(24)34-22)37-10-8-36(9-11-37)17-26(41)38-14-20(40)15-38/h4-7,12,16,20,40H,3,8-11,14-15,17H2,1-2H3/i2D3,20D. The van der Waals surface area contributed by atoms with Crippen LogP contribution in [0.25, 0.3) is 16.8 Å². The summed E-state index contributed by atoms with van der Waals surface area (Å²) in [7, 11) is 0. The van der Waals surface area contributed by atoms with Crippen LogP contribution in [0.3, 0.4) is 0 Å². The first-order valence-corrected chi connectivity index (χ1v) is 14.2. The zero-order valence-corrected chi connectivity index (χ0v) is 23.5. The minimum absolute atomic E-state index is 0.00990. The molecule has 0 atom stereocenters. The number of likely N-dealkylation sites (tertiary alicyclic amines) is 1. The molecule has 0 spiro atoms. The molecule has 42 heavy (non-hydrogen) atoms. The van der Waals surface area contributed by atoms with Gasteiger partial charge >= 0.3 is 0 Å². The molecule has 3 aromatic heterocycles. The van der Waals surface area contributed by atoms with E-state index in [0.29, 0.717) is 49.4 Å². The van der Waals surface area contributed by atoms with Crippen molar-refractivity contribution >= 4 is 39.3 Å². The lowest BCUT2D eigenvalue weighted by Gasteiger charge is -2.39. The van der Waals surface area contributed by atoms with Crippen LogP contribution in [0.15, 0.2) is 36.5 Å². The lowest BCUT2D eigenvalue weighted by molar-refractivity contribution is -0.142. The van der Waals surface area contributed by atoms with Crippen molar-refractivity contribution in [3.8, 4) is 17.3 Å². The summed E-state index contributed by atoms with van der Waals surface area (Å²) in [6, 6.07) is 9.02. The first-order valence-electron chi connectivity index (χ1n) is 15.4. The van der Waals surface area contributed by atoms with Gasteiger partial charge in [-0.25, -0.2) is 18.3 Å². The minimum Gasteiger partial charge on any atom is -0.389 e. The van der Waals surface area contributed by atoms with Crippen molar-refractivity contribution in [1.29, 1.82) is 5.26 Å². The predicted octanol–water partition coefficient (Wildman–Crippen LogP) is 3.26. The summed E-state index contributed by atoms with van der Waals surface area (Å²) in [6.45, 7) is 0.841. The number of aromatic nitrogens is 3. The molecular formula is C29H30F2N8O2S. The number of pyridine rings is 1. The third-order valence-electron chi connectivity index (χ3n) is 7.50. The summed E-state index contributed by atoms with van der Waals surface area (Å²) >= 11 is 0.885. The van der Waals surface area contributed by atoms with E-state index in [2.05, 4.69) is 16.2 Å². The molecular weight excluding hydrogens is 562 g/mol. The number of rotatable bonds is 7. The van der Waals surface area contributed by atoms with Gasteiger partial charge in [0.1, 0.15) is 22.5 Å². The van der Waals surface area contributed by atoms with Gasteiger partial charge in [0.15, 0.2) is 10.9 Å². The van der Waals surface area contributed by atoms with Crippen molar-refractivity contribution in [2.75, 3.05) is 62.6 Å². The van der Waals surface area contributed by atoms with Crippen LogP contribution < -0.4 is 9.80 Å². The van der Waals surface area contributed by atoms with E-state index in [1.54, 1.807) is 13.0 Å². The van der Waals surface area contributed by atoms with Crippen molar-refractivity contribution in [2.24, 2.45) is 0 Å². The third-order valence-corrected chi connectivity index (χ3v) is 8.45. The van der Waals surface area contributed by atoms with E-state index in [-0.39, 0.29) is 52.6 Å². The maximum Gasteiger partial charge on any atom is 0.236 e. The molecule has 1 aromatic carbocycles. The predicted molar refractivity (Wildman–Crippen MR) is 156 cm³/mol. The molecule has 4 aromatic rings.